The van der Waals surface area contributed by atoms with E-state index >= 15 is 0 Å². The second-order valence-corrected chi connectivity index (χ2v) is 5.74. The molecule has 0 aliphatic rings. The van der Waals surface area contributed by atoms with Gasteiger partial charge in [0.25, 0.3) is 5.91 Å². The maximum absolute atomic E-state index is 12.2. The van der Waals surface area contributed by atoms with Crippen molar-refractivity contribution in [3.8, 4) is 0 Å². The number of rotatable bonds is 9. The molecule has 1 aromatic heterocycles. The first kappa shape index (κ1) is 16.8. The number of carbonyl (C=O) groups excluding carboxylic acids is 1. The molecule has 20 heavy (non-hydrogen) atoms. The Hall–Kier alpha value is -1.23. The van der Waals surface area contributed by atoms with Crippen LogP contribution < -0.4 is 10.6 Å². The zero-order valence-corrected chi connectivity index (χ0v) is 13.5. The van der Waals surface area contributed by atoms with Gasteiger partial charge < -0.3 is 10.6 Å². The summed E-state index contributed by atoms with van der Waals surface area (Å²) in [6.45, 7) is 5.62. The number of hydrogen-bond donors (Lipinski definition) is 2. The quantitative estimate of drug-likeness (QED) is 0.687. The first-order chi connectivity index (χ1) is 9.69. The second kappa shape index (κ2) is 9.64. The van der Waals surface area contributed by atoms with Crippen molar-refractivity contribution < 1.29 is 4.79 Å². The van der Waals surface area contributed by atoms with Crippen molar-refractivity contribution in [3.63, 3.8) is 0 Å². The lowest BCUT2D eigenvalue weighted by Gasteiger charge is -2.12. The van der Waals surface area contributed by atoms with Crippen LogP contribution in [0.25, 0.3) is 0 Å². The van der Waals surface area contributed by atoms with Crippen LogP contribution in [0.3, 0.4) is 0 Å². The minimum atomic E-state index is -0.0414. The Morgan fingerprint density at radius 3 is 2.85 bits per heavy atom. The van der Waals surface area contributed by atoms with E-state index in [0.717, 1.165) is 49.5 Å². The number of amides is 1. The van der Waals surface area contributed by atoms with E-state index in [1.807, 2.05) is 24.8 Å². The fraction of sp³-hybridized carbons (Fsp3) is 0.600. The summed E-state index contributed by atoms with van der Waals surface area (Å²) in [4.78, 5) is 16.4. The van der Waals surface area contributed by atoms with E-state index in [9.17, 15) is 4.79 Å². The van der Waals surface area contributed by atoms with E-state index in [2.05, 4.69) is 28.8 Å². The molecule has 2 N–H and O–H groups in total. The van der Waals surface area contributed by atoms with Crippen LogP contribution in [-0.2, 0) is 0 Å². The van der Waals surface area contributed by atoms with Crippen molar-refractivity contribution >= 4 is 23.4 Å². The fourth-order valence-corrected chi connectivity index (χ4v) is 2.31. The molecule has 1 amide bonds. The third-order valence-electron chi connectivity index (χ3n) is 2.91. The molecule has 4 nitrogen and oxygen atoms in total. The number of thioether (sulfide) groups is 1. The standard InChI is InChI=1S/C15H25N3OS/c1-4-7-16-14-10-12(2)18-11-13(14)15(19)17-8-5-6-9-20-3/h10-11H,4-9H2,1-3H3,(H,16,18)(H,17,19). The zero-order chi connectivity index (χ0) is 14.8. The maximum Gasteiger partial charge on any atom is 0.254 e. The summed E-state index contributed by atoms with van der Waals surface area (Å²) >= 11 is 1.84. The van der Waals surface area contributed by atoms with Gasteiger partial charge in [0, 0.05) is 25.0 Å². The van der Waals surface area contributed by atoms with Gasteiger partial charge in [0.15, 0.2) is 0 Å². The molecule has 5 heteroatoms. The monoisotopic (exact) mass is 295 g/mol. The van der Waals surface area contributed by atoms with Gasteiger partial charge in [0.2, 0.25) is 0 Å². The number of aromatic nitrogens is 1. The number of unbranched alkanes of at least 4 members (excludes halogenated alkanes) is 1. The molecular formula is C15H25N3OS. The van der Waals surface area contributed by atoms with Gasteiger partial charge >= 0.3 is 0 Å². The predicted octanol–water partition coefficient (Wildman–Crippen LogP) is 3.08. The summed E-state index contributed by atoms with van der Waals surface area (Å²) in [5, 5.41) is 6.26. The van der Waals surface area contributed by atoms with Crippen molar-refractivity contribution in [3.05, 3.63) is 23.5 Å². The van der Waals surface area contributed by atoms with Gasteiger partial charge in [0.05, 0.1) is 11.3 Å². The molecule has 1 heterocycles. The summed E-state index contributed by atoms with van der Waals surface area (Å²) in [5.41, 5.74) is 2.43. The number of hydrogen-bond acceptors (Lipinski definition) is 4. The molecule has 112 valence electrons. The number of nitrogens with zero attached hydrogens (tertiary/aromatic N) is 1. The van der Waals surface area contributed by atoms with Crippen LogP contribution in [0.2, 0.25) is 0 Å². The molecule has 0 saturated carbocycles. The summed E-state index contributed by atoms with van der Waals surface area (Å²) in [5.74, 6) is 1.10. The molecule has 1 rings (SSSR count). The number of nitrogens with one attached hydrogen (secondary N) is 2. The van der Waals surface area contributed by atoms with E-state index < -0.39 is 0 Å². The van der Waals surface area contributed by atoms with E-state index in [0.29, 0.717) is 5.56 Å². The highest BCUT2D eigenvalue weighted by atomic mass is 32.2. The van der Waals surface area contributed by atoms with Gasteiger partial charge in [-0.05, 0) is 44.3 Å². The third kappa shape index (κ3) is 5.82. The summed E-state index contributed by atoms with van der Waals surface area (Å²) < 4.78 is 0. The van der Waals surface area contributed by atoms with Gasteiger partial charge in [-0.1, -0.05) is 6.92 Å². The molecule has 0 aromatic carbocycles. The second-order valence-electron chi connectivity index (χ2n) is 4.75. The molecule has 0 spiro atoms. The average Bonchev–Trinajstić information content (AvgIpc) is 2.44. The normalized spacial score (nSPS) is 10.3. The molecule has 0 radical (unpaired) electrons. The van der Waals surface area contributed by atoms with Crippen molar-refractivity contribution in [2.24, 2.45) is 0 Å². The molecule has 0 aliphatic heterocycles. The number of anilines is 1. The lowest BCUT2D eigenvalue weighted by Crippen LogP contribution is -2.26. The predicted molar refractivity (Wildman–Crippen MR) is 87.7 cm³/mol. The van der Waals surface area contributed by atoms with E-state index in [4.69, 9.17) is 0 Å². The number of pyridine rings is 1. The van der Waals surface area contributed by atoms with Crippen LogP contribution in [0.1, 0.15) is 42.2 Å². The lowest BCUT2D eigenvalue weighted by molar-refractivity contribution is 0.0953. The Labute approximate surface area is 126 Å². The van der Waals surface area contributed by atoms with Gasteiger partial charge in [-0.3, -0.25) is 9.78 Å². The Bertz CT molecular complexity index is 424. The van der Waals surface area contributed by atoms with Crippen LogP contribution in [0, 0.1) is 6.92 Å². The van der Waals surface area contributed by atoms with Crippen molar-refractivity contribution in [2.75, 3.05) is 30.4 Å². The topological polar surface area (TPSA) is 54.0 Å². The minimum absolute atomic E-state index is 0.0414. The molecule has 0 aliphatic carbocycles. The number of aryl methyl sites for hydroxylation is 1. The highest BCUT2D eigenvalue weighted by Crippen LogP contribution is 2.15. The summed E-state index contributed by atoms with van der Waals surface area (Å²) in [6.07, 6.45) is 6.93. The molecule has 1 aromatic rings. The largest absolute Gasteiger partial charge is 0.384 e. The van der Waals surface area contributed by atoms with Crippen LogP contribution >= 0.6 is 11.8 Å². The van der Waals surface area contributed by atoms with Gasteiger partial charge in [-0.25, -0.2) is 0 Å². The van der Waals surface area contributed by atoms with E-state index in [-0.39, 0.29) is 5.91 Å². The first-order valence-corrected chi connectivity index (χ1v) is 8.56. The smallest absolute Gasteiger partial charge is 0.254 e. The highest BCUT2D eigenvalue weighted by Gasteiger charge is 2.11. The summed E-state index contributed by atoms with van der Waals surface area (Å²) in [6, 6.07) is 1.93. The molecule has 0 atom stereocenters. The maximum atomic E-state index is 12.2. The third-order valence-corrected chi connectivity index (χ3v) is 3.61. The van der Waals surface area contributed by atoms with Crippen LogP contribution in [0.4, 0.5) is 5.69 Å². The molecular weight excluding hydrogens is 270 g/mol. The molecule has 0 unspecified atom stereocenters. The van der Waals surface area contributed by atoms with E-state index in [1.165, 1.54) is 0 Å². The van der Waals surface area contributed by atoms with Crippen LogP contribution in [0.5, 0.6) is 0 Å². The van der Waals surface area contributed by atoms with Gasteiger partial charge in [-0.2, -0.15) is 11.8 Å². The molecule has 0 fully saturated rings. The first-order valence-electron chi connectivity index (χ1n) is 7.16. The Balaban J connectivity index is 2.57. The molecule has 0 bridgehead atoms. The fourth-order valence-electron chi connectivity index (χ4n) is 1.82. The number of carbonyl (C=O) groups is 1. The zero-order valence-electron chi connectivity index (χ0n) is 12.7. The van der Waals surface area contributed by atoms with Crippen molar-refractivity contribution in [1.82, 2.24) is 10.3 Å². The lowest BCUT2D eigenvalue weighted by atomic mass is 10.2. The average molecular weight is 295 g/mol. The SMILES string of the molecule is CCCNc1cc(C)ncc1C(=O)NCCCCSC. The highest BCUT2D eigenvalue weighted by molar-refractivity contribution is 7.98. The van der Waals surface area contributed by atoms with Crippen molar-refractivity contribution in [2.45, 2.75) is 33.1 Å². The van der Waals surface area contributed by atoms with E-state index in [1.54, 1.807) is 6.20 Å². The van der Waals surface area contributed by atoms with Crippen molar-refractivity contribution in [1.29, 1.82) is 0 Å². The Kier molecular flexibility index (Phi) is 8.11. The van der Waals surface area contributed by atoms with Crippen LogP contribution in [0.15, 0.2) is 12.3 Å². The Morgan fingerprint density at radius 1 is 1.35 bits per heavy atom. The molecule has 0 saturated heterocycles. The minimum Gasteiger partial charge on any atom is -0.384 e. The van der Waals surface area contributed by atoms with Gasteiger partial charge in [-0.15, -0.1) is 0 Å². The Morgan fingerprint density at radius 2 is 2.15 bits per heavy atom. The van der Waals surface area contributed by atoms with Crippen LogP contribution in [-0.4, -0.2) is 36.0 Å². The summed E-state index contributed by atoms with van der Waals surface area (Å²) in [7, 11) is 0. The van der Waals surface area contributed by atoms with Gasteiger partial charge in [0.1, 0.15) is 0 Å².